The molecule has 1 saturated carbocycles. The second-order valence-electron chi connectivity index (χ2n) is 7.61. The number of anilines is 2. The van der Waals surface area contributed by atoms with Crippen molar-refractivity contribution in [1.29, 1.82) is 0 Å². The average Bonchev–Trinajstić information content (AvgIpc) is 3.51. The van der Waals surface area contributed by atoms with Gasteiger partial charge in [0.25, 0.3) is 11.8 Å². The zero-order chi connectivity index (χ0) is 19.6. The highest BCUT2D eigenvalue weighted by Gasteiger charge is 2.45. The van der Waals surface area contributed by atoms with Crippen LogP contribution in [0.4, 0.5) is 16.1 Å². The number of rotatable bonds is 3. The number of hydrazine groups is 1. The summed E-state index contributed by atoms with van der Waals surface area (Å²) in [4.78, 5) is 11.3. The van der Waals surface area contributed by atoms with Crippen LogP contribution >= 0.6 is 0 Å². The van der Waals surface area contributed by atoms with Crippen LogP contribution in [0.3, 0.4) is 0 Å². The molecular weight excluding hydrogens is 377 g/mol. The Morgan fingerprint density at radius 2 is 2.03 bits per heavy atom. The van der Waals surface area contributed by atoms with E-state index in [1.165, 1.54) is 6.20 Å². The number of nitrogens with zero attached hydrogens (tertiary/aromatic N) is 7. The van der Waals surface area contributed by atoms with Gasteiger partial charge in [-0.15, -0.1) is 0 Å². The Bertz CT molecular complexity index is 1030. The molecule has 0 amide bonds. The van der Waals surface area contributed by atoms with E-state index in [1.807, 2.05) is 34.2 Å². The number of aliphatic imine (C=N–C) groups is 1. The maximum atomic E-state index is 14.2. The molecule has 0 radical (unpaired) electrons. The van der Waals surface area contributed by atoms with Crippen LogP contribution in [0.2, 0.25) is 0 Å². The molecule has 4 aliphatic rings. The highest BCUT2D eigenvalue weighted by Crippen LogP contribution is 2.43. The summed E-state index contributed by atoms with van der Waals surface area (Å²) >= 11 is 0. The average molecular weight is 397 g/mol. The van der Waals surface area contributed by atoms with Crippen LogP contribution < -0.4 is 9.91 Å². The molecule has 6 rings (SSSR count). The van der Waals surface area contributed by atoms with Crippen LogP contribution in [-0.2, 0) is 10.3 Å². The molecule has 0 unspecified atom stereocenters. The summed E-state index contributed by atoms with van der Waals surface area (Å²) in [6.45, 7) is 0.439. The molecule has 9 nitrogen and oxygen atoms in total. The molecule has 10 heteroatoms. The molecule has 0 bridgehead atoms. The first kappa shape index (κ1) is 16.8. The van der Waals surface area contributed by atoms with Crippen molar-refractivity contribution in [3.8, 4) is 0 Å². The van der Waals surface area contributed by atoms with Crippen molar-refractivity contribution in [3.05, 3.63) is 47.7 Å². The SMILES string of the molecule is COC1(c2nc(N3CN=C4c5ccccc5N5CN(F)C=C5N43)no2)CCCC1. The van der Waals surface area contributed by atoms with Gasteiger partial charge in [0.1, 0.15) is 18.9 Å². The number of fused-ring (bicyclic) bond motifs is 6. The van der Waals surface area contributed by atoms with E-state index in [0.717, 1.165) is 42.8 Å². The van der Waals surface area contributed by atoms with Gasteiger partial charge in [0.2, 0.25) is 0 Å². The third kappa shape index (κ3) is 2.26. The largest absolute Gasteiger partial charge is 0.368 e. The number of amidine groups is 1. The molecule has 0 atom stereocenters. The van der Waals surface area contributed by atoms with Crippen LogP contribution in [-0.4, -0.2) is 46.6 Å². The summed E-state index contributed by atoms with van der Waals surface area (Å²) in [5.74, 6) is 2.28. The molecule has 3 aliphatic heterocycles. The third-order valence-electron chi connectivity index (χ3n) is 6.10. The Morgan fingerprint density at radius 3 is 2.86 bits per heavy atom. The maximum absolute atomic E-state index is 14.2. The number of benzene rings is 1. The van der Waals surface area contributed by atoms with Gasteiger partial charge in [-0.3, -0.25) is 0 Å². The van der Waals surface area contributed by atoms with Crippen LogP contribution in [0.25, 0.3) is 0 Å². The van der Waals surface area contributed by atoms with Gasteiger partial charge in [-0.2, -0.15) is 10.1 Å². The Morgan fingerprint density at radius 1 is 1.21 bits per heavy atom. The van der Waals surface area contributed by atoms with Crippen LogP contribution in [0.5, 0.6) is 0 Å². The van der Waals surface area contributed by atoms with Crippen molar-refractivity contribution in [2.75, 3.05) is 30.4 Å². The highest BCUT2D eigenvalue weighted by atomic mass is 19.2. The lowest BCUT2D eigenvalue weighted by Crippen LogP contribution is -2.49. The summed E-state index contributed by atoms with van der Waals surface area (Å²) < 4.78 is 25.6. The lowest BCUT2D eigenvalue weighted by atomic mass is 10.0. The van der Waals surface area contributed by atoms with E-state index in [-0.39, 0.29) is 6.67 Å². The number of halogens is 1. The summed E-state index contributed by atoms with van der Waals surface area (Å²) in [5, 5.41) is 8.52. The molecule has 1 aliphatic carbocycles. The van der Waals surface area contributed by atoms with Gasteiger partial charge in [0.05, 0.1) is 11.9 Å². The molecule has 0 N–H and O–H groups in total. The molecule has 0 spiro atoms. The molecule has 2 aromatic rings. The summed E-state index contributed by atoms with van der Waals surface area (Å²) in [5.41, 5.74) is 1.35. The zero-order valence-electron chi connectivity index (χ0n) is 16.0. The van der Waals surface area contributed by atoms with E-state index < -0.39 is 5.60 Å². The molecular formula is C19H20FN7O2. The Balaban J connectivity index is 1.40. The lowest BCUT2D eigenvalue weighted by Gasteiger charge is -2.39. The maximum Gasteiger partial charge on any atom is 0.287 e. The van der Waals surface area contributed by atoms with Crippen LogP contribution in [0, 0.1) is 0 Å². The van der Waals surface area contributed by atoms with Crippen molar-refractivity contribution >= 4 is 17.5 Å². The van der Waals surface area contributed by atoms with Gasteiger partial charge in [-0.25, -0.2) is 15.0 Å². The summed E-state index contributed by atoms with van der Waals surface area (Å²) in [6.07, 6.45) is 5.32. The first-order chi connectivity index (χ1) is 14.2. The fraction of sp³-hybridized carbons (Fsp3) is 0.421. The fourth-order valence-corrected chi connectivity index (χ4v) is 4.63. The first-order valence-corrected chi connectivity index (χ1v) is 9.73. The van der Waals surface area contributed by atoms with E-state index in [9.17, 15) is 4.48 Å². The van der Waals surface area contributed by atoms with E-state index in [0.29, 0.717) is 29.5 Å². The first-order valence-electron chi connectivity index (χ1n) is 9.73. The third-order valence-corrected chi connectivity index (χ3v) is 6.10. The Hall–Kier alpha value is -3.14. The Kier molecular flexibility index (Phi) is 3.43. The van der Waals surface area contributed by atoms with Gasteiger partial charge in [-0.05, 0) is 43.0 Å². The molecule has 1 fully saturated rings. The van der Waals surface area contributed by atoms with E-state index in [1.54, 1.807) is 12.1 Å². The topological polar surface area (TPSA) is 73.5 Å². The summed E-state index contributed by atoms with van der Waals surface area (Å²) in [7, 11) is 1.69. The van der Waals surface area contributed by atoms with Crippen LogP contribution in [0.15, 0.2) is 45.8 Å². The van der Waals surface area contributed by atoms with E-state index >= 15 is 0 Å². The molecule has 4 heterocycles. The standard InChI is InChI=1S/C19H20FN7O2/c1-28-19(8-4-5-9-19)17-22-18(23-29-17)26-11-21-16-13-6-2-3-7-14(13)25-12-24(20)10-15(25)27(16)26/h2-3,6-7,10H,4-5,8-9,11-12H2,1H3. The Labute approximate surface area is 166 Å². The van der Waals surface area contributed by atoms with Crippen molar-refractivity contribution in [3.63, 3.8) is 0 Å². The van der Waals surface area contributed by atoms with Crippen molar-refractivity contribution in [2.45, 2.75) is 31.3 Å². The predicted octanol–water partition coefficient (Wildman–Crippen LogP) is 2.70. The van der Waals surface area contributed by atoms with Gasteiger partial charge >= 0.3 is 0 Å². The minimum absolute atomic E-state index is 0.119. The van der Waals surface area contributed by atoms with Gasteiger partial charge in [-0.1, -0.05) is 16.6 Å². The zero-order valence-corrected chi connectivity index (χ0v) is 16.0. The predicted molar refractivity (Wildman–Crippen MR) is 102 cm³/mol. The molecule has 29 heavy (non-hydrogen) atoms. The molecule has 1 aromatic carbocycles. The number of methoxy groups -OCH3 is 1. The smallest absolute Gasteiger partial charge is 0.287 e. The van der Waals surface area contributed by atoms with Crippen molar-refractivity contribution in [1.82, 2.24) is 20.3 Å². The van der Waals surface area contributed by atoms with Crippen molar-refractivity contribution < 1.29 is 13.7 Å². The highest BCUT2D eigenvalue weighted by molar-refractivity contribution is 6.08. The van der Waals surface area contributed by atoms with E-state index in [2.05, 4.69) is 10.1 Å². The minimum atomic E-state index is -0.516. The number of ether oxygens (including phenoxy) is 1. The quantitative estimate of drug-likeness (QED) is 0.732. The lowest BCUT2D eigenvalue weighted by molar-refractivity contribution is -0.0342. The molecule has 0 saturated heterocycles. The van der Waals surface area contributed by atoms with Crippen molar-refractivity contribution in [2.24, 2.45) is 4.99 Å². The number of aromatic nitrogens is 2. The number of para-hydroxylation sites is 1. The normalized spacial score (nSPS) is 21.9. The minimum Gasteiger partial charge on any atom is -0.368 e. The monoisotopic (exact) mass is 397 g/mol. The second kappa shape index (κ2) is 5.93. The summed E-state index contributed by atoms with van der Waals surface area (Å²) in [6, 6.07) is 7.86. The molecule has 150 valence electrons. The van der Waals surface area contributed by atoms with Crippen LogP contribution in [0.1, 0.15) is 37.1 Å². The second-order valence-corrected chi connectivity index (χ2v) is 7.61. The number of hydrogen-bond acceptors (Lipinski definition) is 9. The van der Waals surface area contributed by atoms with Gasteiger partial charge in [0, 0.05) is 12.7 Å². The van der Waals surface area contributed by atoms with Gasteiger partial charge in [0.15, 0.2) is 11.7 Å². The van der Waals surface area contributed by atoms with E-state index in [4.69, 9.17) is 14.3 Å². The molecule has 1 aromatic heterocycles. The fourth-order valence-electron chi connectivity index (χ4n) is 4.63. The van der Waals surface area contributed by atoms with Gasteiger partial charge < -0.3 is 14.2 Å². The number of hydrogen-bond donors (Lipinski definition) is 0.